The Hall–Kier alpha value is -0.570. The lowest BCUT2D eigenvalue weighted by molar-refractivity contribution is -0.147. The summed E-state index contributed by atoms with van der Waals surface area (Å²) in [6.07, 6.45) is 3.96. The minimum Gasteiger partial charge on any atom is -0.467 e. The van der Waals surface area contributed by atoms with Gasteiger partial charge in [0.05, 0.1) is 7.11 Å². The lowest BCUT2D eigenvalue weighted by Gasteiger charge is -2.31. The number of carbonyl (C=O) groups is 1. The molecular formula is C13H22O3. The van der Waals surface area contributed by atoms with Gasteiger partial charge in [0.1, 0.15) is 5.60 Å². The van der Waals surface area contributed by atoms with Crippen molar-refractivity contribution in [1.29, 1.82) is 0 Å². The molecule has 92 valence electrons. The summed E-state index contributed by atoms with van der Waals surface area (Å²) in [6, 6.07) is 0. The Morgan fingerprint density at radius 1 is 1.38 bits per heavy atom. The van der Waals surface area contributed by atoms with Crippen molar-refractivity contribution in [1.82, 2.24) is 0 Å². The van der Waals surface area contributed by atoms with Gasteiger partial charge in [-0.3, -0.25) is 0 Å². The van der Waals surface area contributed by atoms with E-state index < -0.39 is 5.60 Å². The number of carbonyl (C=O) groups excluding carboxylic acids is 1. The number of rotatable bonds is 2. The Morgan fingerprint density at radius 3 is 2.38 bits per heavy atom. The van der Waals surface area contributed by atoms with E-state index in [-0.39, 0.29) is 11.6 Å². The summed E-state index contributed by atoms with van der Waals surface area (Å²) in [4.78, 5) is 11.9. The summed E-state index contributed by atoms with van der Waals surface area (Å²) >= 11 is 0. The molecule has 1 aliphatic carbocycles. The van der Waals surface area contributed by atoms with Gasteiger partial charge in [-0.2, -0.15) is 0 Å². The maximum absolute atomic E-state index is 11.9. The molecule has 0 aromatic heterocycles. The van der Waals surface area contributed by atoms with Crippen molar-refractivity contribution in [2.75, 3.05) is 7.11 Å². The van der Waals surface area contributed by atoms with Crippen molar-refractivity contribution in [2.24, 2.45) is 11.8 Å². The lowest BCUT2D eigenvalue weighted by atomic mass is 9.71. The van der Waals surface area contributed by atoms with Crippen LogP contribution in [0.5, 0.6) is 0 Å². The number of hydrogen-bond donors (Lipinski definition) is 0. The summed E-state index contributed by atoms with van der Waals surface area (Å²) in [5.41, 5.74) is -0.851. The van der Waals surface area contributed by atoms with Crippen molar-refractivity contribution >= 4 is 5.97 Å². The Morgan fingerprint density at radius 2 is 1.94 bits per heavy atom. The molecule has 0 amide bonds. The predicted octanol–water partition coefficient (Wildman–Crippen LogP) is 2.53. The zero-order valence-corrected chi connectivity index (χ0v) is 10.7. The highest BCUT2D eigenvalue weighted by Crippen LogP contribution is 2.60. The predicted molar refractivity (Wildman–Crippen MR) is 61.0 cm³/mol. The van der Waals surface area contributed by atoms with Gasteiger partial charge in [0.15, 0.2) is 5.60 Å². The molecule has 2 fully saturated rings. The summed E-state index contributed by atoms with van der Waals surface area (Å²) < 4.78 is 10.8. The molecule has 0 aromatic rings. The zero-order chi connectivity index (χ0) is 12.0. The van der Waals surface area contributed by atoms with E-state index in [1.807, 2.05) is 6.92 Å². The van der Waals surface area contributed by atoms with Gasteiger partial charge in [-0.1, -0.05) is 20.8 Å². The first-order chi connectivity index (χ1) is 7.49. The van der Waals surface area contributed by atoms with E-state index in [2.05, 4.69) is 13.8 Å². The van der Waals surface area contributed by atoms with Crippen LogP contribution >= 0.6 is 0 Å². The average molecular weight is 226 g/mol. The van der Waals surface area contributed by atoms with Crippen LogP contribution in [-0.2, 0) is 14.3 Å². The normalized spacial score (nSPS) is 46.8. The fourth-order valence-electron chi connectivity index (χ4n) is 3.71. The van der Waals surface area contributed by atoms with E-state index in [1.165, 1.54) is 13.5 Å². The Balaban J connectivity index is 2.19. The Kier molecular flexibility index (Phi) is 2.77. The Bertz CT molecular complexity index is 290. The maximum Gasteiger partial charge on any atom is 0.341 e. The number of epoxide rings is 1. The van der Waals surface area contributed by atoms with Crippen molar-refractivity contribution < 1.29 is 14.3 Å². The second-order valence-electron chi connectivity index (χ2n) is 5.62. The topological polar surface area (TPSA) is 38.8 Å². The van der Waals surface area contributed by atoms with Gasteiger partial charge in [0.2, 0.25) is 0 Å². The number of methoxy groups -OCH3 is 1. The van der Waals surface area contributed by atoms with E-state index in [4.69, 9.17) is 9.47 Å². The molecule has 0 bridgehead atoms. The number of ether oxygens (including phenoxy) is 2. The smallest absolute Gasteiger partial charge is 0.341 e. The molecule has 3 unspecified atom stereocenters. The van der Waals surface area contributed by atoms with Gasteiger partial charge in [0, 0.05) is 0 Å². The van der Waals surface area contributed by atoms with E-state index in [1.54, 1.807) is 0 Å². The van der Waals surface area contributed by atoms with E-state index in [0.29, 0.717) is 11.8 Å². The fraction of sp³-hybridized carbons (Fsp3) is 0.923. The molecule has 0 radical (unpaired) electrons. The van der Waals surface area contributed by atoms with Crippen LogP contribution < -0.4 is 0 Å². The van der Waals surface area contributed by atoms with Gasteiger partial charge in [-0.15, -0.1) is 0 Å². The lowest BCUT2D eigenvalue weighted by Crippen LogP contribution is -2.39. The van der Waals surface area contributed by atoms with Gasteiger partial charge < -0.3 is 9.47 Å². The van der Waals surface area contributed by atoms with Gasteiger partial charge in [-0.05, 0) is 37.5 Å². The van der Waals surface area contributed by atoms with E-state index in [9.17, 15) is 4.79 Å². The second-order valence-corrected chi connectivity index (χ2v) is 5.62. The highest BCUT2D eigenvalue weighted by Gasteiger charge is 2.74. The third-order valence-electron chi connectivity index (χ3n) is 4.24. The van der Waals surface area contributed by atoms with Crippen LogP contribution in [-0.4, -0.2) is 24.3 Å². The molecule has 16 heavy (non-hydrogen) atoms. The SMILES string of the molecule is CCC1(C(=O)OC)OC12CC(C)CC(C)C2. The first kappa shape index (κ1) is 11.9. The van der Waals surface area contributed by atoms with Gasteiger partial charge in [0.25, 0.3) is 0 Å². The molecular weight excluding hydrogens is 204 g/mol. The molecule has 1 spiro atoms. The average Bonchev–Trinajstić information content (AvgIpc) is 2.83. The molecule has 0 N–H and O–H groups in total. The fourth-order valence-corrected chi connectivity index (χ4v) is 3.71. The molecule has 1 saturated carbocycles. The van der Waals surface area contributed by atoms with Crippen LogP contribution in [0.3, 0.4) is 0 Å². The largest absolute Gasteiger partial charge is 0.467 e. The standard InChI is InChI=1S/C13H22O3/c1-5-13(11(14)15-4)12(16-13)7-9(2)6-10(3)8-12/h9-10H,5-8H2,1-4H3. The van der Waals surface area contributed by atoms with Crippen LogP contribution in [0.4, 0.5) is 0 Å². The highest BCUT2D eigenvalue weighted by atomic mass is 16.7. The third-order valence-corrected chi connectivity index (χ3v) is 4.24. The molecule has 1 heterocycles. The van der Waals surface area contributed by atoms with Crippen molar-refractivity contribution in [2.45, 2.75) is 57.7 Å². The van der Waals surface area contributed by atoms with Gasteiger partial charge in [-0.25, -0.2) is 4.79 Å². The van der Waals surface area contributed by atoms with Crippen LogP contribution in [0, 0.1) is 11.8 Å². The molecule has 0 aromatic carbocycles. The molecule has 2 aliphatic rings. The summed E-state index contributed by atoms with van der Waals surface area (Å²) in [5, 5.41) is 0. The number of hydrogen-bond acceptors (Lipinski definition) is 3. The van der Waals surface area contributed by atoms with Crippen LogP contribution in [0.1, 0.15) is 46.5 Å². The summed E-state index contributed by atoms with van der Waals surface area (Å²) in [5.74, 6) is 1.10. The Labute approximate surface area is 97.5 Å². The molecule has 3 nitrogen and oxygen atoms in total. The van der Waals surface area contributed by atoms with Crippen molar-refractivity contribution in [3.8, 4) is 0 Å². The molecule has 3 heteroatoms. The van der Waals surface area contributed by atoms with Crippen LogP contribution in [0.2, 0.25) is 0 Å². The van der Waals surface area contributed by atoms with E-state index in [0.717, 1.165) is 19.3 Å². The van der Waals surface area contributed by atoms with Crippen LogP contribution in [0.15, 0.2) is 0 Å². The summed E-state index contributed by atoms with van der Waals surface area (Å²) in [7, 11) is 1.45. The molecule has 3 atom stereocenters. The van der Waals surface area contributed by atoms with Crippen molar-refractivity contribution in [3.63, 3.8) is 0 Å². The first-order valence-electron chi connectivity index (χ1n) is 6.28. The van der Waals surface area contributed by atoms with Crippen LogP contribution in [0.25, 0.3) is 0 Å². The maximum atomic E-state index is 11.9. The second kappa shape index (κ2) is 3.73. The summed E-state index contributed by atoms with van der Waals surface area (Å²) in [6.45, 7) is 6.50. The first-order valence-corrected chi connectivity index (χ1v) is 6.28. The monoisotopic (exact) mass is 226 g/mol. The molecule has 1 aliphatic heterocycles. The van der Waals surface area contributed by atoms with Gasteiger partial charge >= 0.3 is 5.97 Å². The molecule has 2 rings (SSSR count). The number of esters is 1. The van der Waals surface area contributed by atoms with Crippen molar-refractivity contribution in [3.05, 3.63) is 0 Å². The highest BCUT2D eigenvalue weighted by molar-refractivity contribution is 5.84. The quantitative estimate of drug-likeness (QED) is 0.536. The zero-order valence-electron chi connectivity index (χ0n) is 10.7. The minimum absolute atomic E-state index is 0.184. The minimum atomic E-state index is -0.634. The van der Waals surface area contributed by atoms with E-state index >= 15 is 0 Å². The molecule has 1 saturated heterocycles. The third kappa shape index (κ3) is 1.48.